The van der Waals surface area contributed by atoms with Crippen LogP contribution >= 0.6 is 11.3 Å². The predicted molar refractivity (Wildman–Crippen MR) is 40.7 cm³/mol. The first-order valence-corrected chi connectivity index (χ1v) is 3.93. The van der Waals surface area contributed by atoms with Crippen molar-refractivity contribution in [2.24, 2.45) is 5.73 Å². The zero-order valence-electron chi connectivity index (χ0n) is 5.69. The van der Waals surface area contributed by atoms with Crippen LogP contribution in [0.5, 0.6) is 0 Å². The Morgan fingerprint density at radius 3 is 2.90 bits per heavy atom. The van der Waals surface area contributed by atoms with Crippen molar-refractivity contribution in [1.29, 1.82) is 0 Å². The summed E-state index contributed by atoms with van der Waals surface area (Å²) in [6, 6.07) is -0.244. The average molecular weight is 158 g/mol. The van der Waals surface area contributed by atoms with Gasteiger partial charge in [0.05, 0.1) is 0 Å². The summed E-state index contributed by atoms with van der Waals surface area (Å²) in [5, 5.41) is 11.8. The van der Waals surface area contributed by atoms with Gasteiger partial charge in [0.1, 0.15) is 11.1 Å². The van der Waals surface area contributed by atoms with Gasteiger partial charge in [-0.25, -0.2) is 4.98 Å². The average Bonchev–Trinajstić information content (AvgIpc) is 2.36. The van der Waals surface area contributed by atoms with Crippen LogP contribution in [0.1, 0.15) is 18.0 Å². The number of thiazole rings is 1. The van der Waals surface area contributed by atoms with Crippen LogP contribution in [0.2, 0.25) is 0 Å². The van der Waals surface area contributed by atoms with Crippen LogP contribution in [0, 0.1) is 0 Å². The standard InChI is InChI=1S/C6H10N2OS/c1-4(7)5(9)6-8-2-3-10-6/h2-5,9H,7H2,1H3. The van der Waals surface area contributed by atoms with E-state index in [-0.39, 0.29) is 6.04 Å². The smallest absolute Gasteiger partial charge is 0.123 e. The van der Waals surface area contributed by atoms with Crippen molar-refractivity contribution >= 4 is 11.3 Å². The molecule has 0 amide bonds. The number of rotatable bonds is 2. The fourth-order valence-electron chi connectivity index (χ4n) is 0.605. The van der Waals surface area contributed by atoms with Gasteiger partial charge in [-0.3, -0.25) is 0 Å². The first-order chi connectivity index (χ1) is 4.72. The minimum Gasteiger partial charge on any atom is -0.384 e. The molecule has 0 fully saturated rings. The van der Waals surface area contributed by atoms with Crippen molar-refractivity contribution in [3.05, 3.63) is 16.6 Å². The highest BCUT2D eigenvalue weighted by Crippen LogP contribution is 2.16. The molecule has 0 radical (unpaired) electrons. The Hall–Kier alpha value is -0.450. The third kappa shape index (κ3) is 1.53. The SMILES string of the molecule is CC(N)C(O)c1nccs1. The summed E-state index contributed by atoms with van der Waals surface area (Å²) in [5.41, 5.74) is 5.44. The van der Waals surface area contributed by atoms with Crippen LogP contribution in [0.4, 0.5) is 0 Å². The van der Waals surface area contributed by atoms with Crippen LogP contribution in [0.15, 0.2) is 11.6 Å². The van der Waals surface area contributed by atoms with Crippen molar-refractivity contribution in [3.63, 3.8) is 0 Å². The van der Waals surface area contributed by atoms with E-state index in [0.717, 1.165) is 0 Å². The van der Waals surface area contributed by atoms with E-state index in [1.165, 1.54) is 11.3 Å². The second-order valence-electron chi connectivity index (χ2n) is 2.17. The first-order valence-electron chi connectivity index (χ1n) is 3.05. The molecule has 0 aliphatic rings. The second kappa shape index (κ2) is 3.09. The molecule has 1 rings (SSSR count). The van der Waals surface area contributed by atoms with Crippen LogP contribution in [0.3, 0.4) is 0 Å². The first kappa shape index (κ1) is 7.65. The number of nitrogens with zero attached hydrogens (tertiary/aromatic N) is 1. The molecule has 0 bridgehead atoms. The maximum absolute atomic E-state index is 9.31. The quantitative estimate of drug-likeness (QED) is 0.659. The van der Waals surface area contributed by atoms with Crippen LogP contribution in [0.25, 0.3) is 0 Å². The highest BCUT2D eigenvalue weighted by atomic mass is 32.1. The lowest BCUT2D eigenvalue weighted by molar-refractivity contribution is 0.153. The summed E-state index contributed by atoms with van der Waals surface area (Å²) in [5.74, 6) is 0. The molecule has 2 unspecified atom stereocenters. The number of hydrogen-bond donors (Lipinski definition) is 2. The van der Waals surface area contributed by atoms with E-state index in [9.17, 15) is 5.11 Å². The maximum atomic E-state index is 9.31. The molecule has 3 N–H and O–H groups in total. The van der Waals surface area contributed by atoms with E-state index in [2.05, 4.69) is 4.98 Å². The van der Waals surface area contributed by atoms with Gasteiger partial charge in [0.15, 0.2) is 0 Å². The van der Waals surface area contributed by atoms with Gasteiger partial charge in [0.25, 0.3) is 0 Å². The fourth-order valence-corrected chi connectivity index (χ4v) is 1.34. The second-order valence-corrected chi connectivity index (χ2v) is 3.10. The van der Waals surface area contributed by atoms with E-state index in [4.69, 9.17) is 5.73 Å². The molecule has 0 saturated heterocycles. The summed E-state index contributed by atoms with van der Waals surface area (Å²) in [6.45, 7) is 1.76. The van der Waals surface area contributed by atoms with E-state index < -0.39 is 6.10 Å². The molecule has 0 aromatic carbocycles. The molecule has 2 atom stereocenters. The predicted octanol–water partition coefficient (Wildman–Crippen LogP) is 0.524. The summed E-state index contributed by atoms with van der Waals surface area (Å²) in [6.07, 6.45) is 1.05. The molecule has 1 heterocycles. The molecule has 1 aromatic heterocycles. The van der Waals surface area contributed by atoms with Gasteiger partial charge in [-0.1, -0.05) is 0 Å². The van der Waals surface area contributed by atoms with Gasteiger partial charge >= 0.3 is 0 Å². The zero-order valence-corrected chi connectivity index (χ0v) is 6.51. The van der Waals surface area contributed by atoms with Crippen molar-refractivity contribution in [2.75, 3.05) is 0 Å². The Bertz CT molecular complexity index is 186. The molecule has 0 aliphatic carbocycles. The van der Waals surface area contributed by atoms with Crippen molar-refractivity contribution in [2.45, 2.75) is 19.1 Å². The molecular formula is C6H10N2OS. The molecule has 56 valence electrons. The van der Waals surface area contributed by atoms with Gasteiger partial charge in [0, 0.05) is 17.6 Å². The Balaban J connectivity index is 2.68. The lowest BCUT2D eigenvalue weighted by atomic mass is 10.2. The summed E-state index contributed by atoms with van der Waals surface area (Å²) >= 11 is 1.42. The minimum absolute atomic E-state index is 0.244. The molecule has 4 heteroatoms. The Kier molecular flexibility index (Phi) is 2.37. The van der Waals surface area contributed by atoms with E-state index in [0.29, 0.717) is 5.01 Å². The van der Waals surface area contributed by atoms with E-state index in [1.807, 2.05) is 5.38 Å². The Morgan fingerprint density at radius 2 is 2.50 bits per heavy atom. The van der Waals surface area contributed by atoms with Gasteiger partial charge in [-0.2, -0.15) is 0 Å². The molecule has 0 aliphatic heterocycles. The highest BCUT2D eigenvalue weighted by Gasteiger charge is 2.13. The number of aliphatic hydroxyl groups excluding tert-OH is 1. The van der Waals surface area contributed by atoms with Crippen molar-refractivity contribution in [1.82, 2.24) is 4.98 Å². The molecule has 1 aromatic rings. The topological polar surface area (TPSA) is 59.1 Å². The Labute approximate surface area is 63.5 Å². The molecule has 10 heavy (non-hydrogen) atoms. The van der Waals surface area contributed by atoms with Crippen LogP contribution in [-0.4, -0.2) is 16.1 Å². The monoisotopic (exact) mass is 158 g/mol. The van der Waals surface area contributed by atoms with Gasteiger partial charge in [-0.15, -0.1) is 11.3 Å². The summed E-state index contributed by atoms with van der Waals surface area (Å²) in [4.78, 5) is 3.93. The Morgan fingerprint density at radius 1 is 1.80 bits per heavy atom. The third-order valence-corrected chi connectivity index (χ3v) is 2.05. The summed E-state index contributed by atoms with van der Waals surface area (Å²) in [7, 11) is 0. The molecule has 0 saturated carbocycles. The van der Waals surface area contributed by atoms with Gasteiger partial charge in [0.2, 0.25) is 0 Å². The van der Waals surface area contributed by atoms with Crippen molar-refractivity contribution < 1.29 is 5.11 Å². The number of nitrogens with two attached hydrogens (primary N) is 1. The zero-order chi connectivity index (χ0) is 7.56. The molecule has 3 nitrogen and oxygen atoms in total. The van der Waals surface area contributed by atoms with E-state index >= 15 is 0 Å². The minimum atomic E-state index is -0.611. The van der Waals surface area contributed by atoms with E-state index in [1.54, 1.807) is 13.1 Å². The van der Waals surface area contributed by atoms with Crippen molar-refractivity contribution in [3.8, 4) is 0 Å². The highest BCUT2D eigenvalue weighted by molar-refractivity contribution is 7.09. The third-order valence-electron chi connectivity index (χ3n) is 1.20. The number of aromatic nitrogens is 1. The largest absolute Gasteiger partial charge is 0.384 e. The fraction of sp³-hybridized carbons (Fsp3) is 0.500. The lowest BCUT2D eigenvalue weighted by Crippen LogP contribution is -2.24. The normalized spacial score (nSPS) is 16.7. The maximum Gasteiger partial charge on any atom is 0.123 e. The number of aliphatic hydroxyl groups is 1. The molecular weight excluding hydrogens is 148 g/mol. The lowest BCUT2D eigenvalue weighted by Gasteiger charge is -2.09. The number of hydrogen-bond acceptors (Lipinski definition) is 4. The van der Waals surface area contributed by atoms with Crippen LogP contribution < -0.4 is 5.73 Å². The van der Waals surface area contributed by atoms with Crippen LogP contribution in [-0.2, 0) is 0 Å². The van der Waals surface area contributed by atoms with Gasteiger partial charge < -0.3 is 10.8 Å². The molecule has 0 spiro atoms. The van der Waals surface area contributed by atoms with Gasteiger partial charge in [-0.05, 0) is 6.92 Å². The summed E-state index contributed by atoms with van der Waals surface area (Å²) < 4.78 is 0.